The van der Waals surface area contributed by atoms with Crippen LogP contribution in [0.3, 0.4) is 0 Å². The van der Waals surface area contributed by atoms with Gasteiger partial charge in [0.15, 0.2) is 0 Å². The Morgan fingerprint density at radius 2 is 1.80 bits per heavy atom. The maximum absolute atomic E-state index is 13.4. The average Bonchev–Trinajstić information content (AvgIpc) is 2.41. The molecule has 0 atom stereocenters. The third-order valence-corrected chi connectivity index (χ3v) is 3.20. The summed E-state index contributed by atoms with van der Waals surface area (Å²) in [6, 6.07) is 14.2. The Kier molecular flexibility index (Phi) is 4.94. The molecule has 0 heterocycles. The zero-order valence-electron chi connectivity index (χ0n) is 11.6. The van der Waals surface area contributed by atoms with Crippen LogP contribution in [-0.4, -0.2) is 25.5 Å². The zero-order valence-corrected chi connectivity index (χ0v) is 12.4. The Balaban J connectivity index is 2.44. The van der Waals surface area contributed by atoms with E-state index in [1.807, 2.05) is 44.4 Å². The molecule has 0 aliphatic rings. The van der Waals surface area contributed by atoms with E-state index in [1.165, 1.54) is 6.07 Å². The summed E-state index contributed by atoms with van der Waals surface area (Å²) in [7, 11) is 4.00. The van der Waals surface area contributed by atoms with Crippen LogP contribution in [0.2, 0.25) is 5.02 Å². The molecule has 1 nitrogen and oxygen atoms in total. The first-order chi connectivity index (χ1) is 9.56. The molecule has 0 amide bonds. The van der Waals surface area contributed by atoms with Crippen molar-refractivity contribution < 1.29 is 4.39 Å². The summed E-state index contributed by atoms with van der Waals surface area (Å²) in [6.07, 6.45) is 2.10. The van der Waals surface area contributed by atoms with Gasteiger partial charge in [-0.1, -0.05) is 41.9 Å². The van der Waals surface area contributed by atoms with Crippen LogP contribution in [0.1, 0.15) is 11.1 Å². The fourth-order valence-electron chi connectivity index (χ4n) is 1.96. The van der Waals surface area contributed by atoms with E-state index in [2.05, 4.69) is 11.0 Å². The molecule has 0 aliphatic heterocycles. The molecule has 2 aromatic rings. The number of nitrogens with zero attached hydrogens (tertiary/aromatic N) is 1. The highest BCUT2D eigenvalue weighted by Gasteiger charge is 2.06. The van der Waals surface area contributed by atoms with Crippen LogP contribution in [0.25, 0.3) is 5.57 Å². The molecule has 104 valence electrons. The molecule has 3 heteroatoms. The van der Waals surface area contributed by atoms with Gasteiger partial charge < -0.3 is 4.90 Å². The predicted octanol–water partition coefficient (Wildman–Crippen LogP) is 4.47. The van der Waals surface area contributed by atoms with Gasteiger partial charge in [0.05, 0.1) is 0 Å². The first-order valence-electron chi connectivity index (χ1n) is 6.43. The molecule has 0 spiro atoms. The maximum Gasteiger partial charge on any atom is 0.123 e. The minimum Gasteiger partial charge on any atom is -0.306 e. The van der Waals surface area contributed by atoms with Gasteiger partial charge in [-0.2, -0.15) is 0 Å². The van der Waals surface area contributed by atoms with Crippen LogP contribution >= 0.6 is 11.6 Å². The molecule has 2 rings (SSSR count). The fourth-order valence-corrected chi connectivity index (χ4v) is 2.09. The molecule has 0 aliphatic carbocycles. The SMILES string of the molecule is CN(C)C/C=C(\c1ccc(Cl)cc1)c1cccc(F)c1. The molecule has 0 radical (unpaired) electrons. The van der Waals surface area contributed by atoms with Gasteiger partial charge in [-0.15, -0.1) is 0 Å². The quantitative estimate of drug-likeness (QED) is 0.802. The van der Waals surface area contributed by atoms with Gasteiger partial charge in [-0.05, 0) is 55.1 Å². The van der Waals surface area contributed by atoms with Crippen molar-refractivity contribution in [3.63, 3.8) is 0 Å². The number of benzene rings is 2. The molecule has 0 unspecified atom stereocenters. The third kappa shape index (κ3) is 3.92. The highest BCUT2D eigenvalue weighted by Crippen LogP contribution is 2.25. The largest absolute Gasteiger partial charge is 0.306 e. The second-order valence-electron chi connectivity index (χ2n) is 4.90. The van der Waals surface area contributed by atoms with Gasteiger partial charge in [-0.3, -0.25) is 0 Å². The highest BCUT2D eigenvalue weighted by molar-refractivity contribution is 6.30. The first-order valence-corrected chi connectivity index (χ1v) is 6.81. The number of likely N-dealkylation sites (N-methyl/N-ethyl adjacent to an activating group) is 1. The van der Waals surface area contributed by atoms with E-state index >= 15 is 0 Å². The molecular weight excluding hydrogens is 273 g/mol. The highest BCUT2D eigenvalue weighted by atomic mass is 35.5. The summed E-state index contributed by atoms with van der Waals surface area (Å²) in [5, 5.41) is 0.694. The molecular formula is C17H17ClFN. The van der Waals surface area contributed by atoms with E-state index in [0.717, 1.165) is 23.2 Å². The normalized spacial score (nSPS) is 11.9. The Bertz CT molecular complexity index is 603. The van der Waals surface area contributed by atoms with Crippen LogP contribution in [0.5, 0.6) is 0 Å². The van der Waals surface area contributed by atoms with Gasteiger partial charge in [0, 0.05) is 11.6 Å². The van der Waals surface area contributed by atoms with Crippen LogP contribution in [0.15, 0.2) is 54.6 Å². The minimum absolute atomic E-state index is 0.229. The Labute approximate surface area is 124 Å². The van der Waals surface area contributed by atoms with Crippen molar-refractivity contribution in [1.29, 1.82) is 0 Å². The lowest BCUT2D eigenvalue weighted by Crippen LogP contribution is -2.11. The zero-order chi connectivity index (χ0) is 14.5. The molecule has 0 saturated heterocycles. The lowest BCUT2D eigenvalue weighted by molar-refractivity contribution is 0.457. The van der Waals surface area contributed by atoms with Crippen LogP contribution in [0, 0.1) is 5.82 Å². The predicted molar refractivity (Wildman–Crippen MR) is 83.5 cm³/mol. The van der Waals surface area contributed by atoms with E-state index in [1.54, 1.807) is 12.1 Å². The van der Waals surface area contributed by atoms with Crippen molar-refractivity contribution in [1.82, 2.24) is 4.90 Å². The van der Waals surface area contributed by atoms with Crippen molar-refractivity contribution in [2.45, 2.75) is 0 Å². The summed E-state index contributed by atoms with van der Waals surface area (Å²) in [5.41, 5.74) is 2.91. The Morgan fingerprint density at radius 1 is 1.10 bits per heavy atom. The van der Waals surface area contributed by atoms with E-state index in [0.29, 0.717) is 5.02 Å². The molecule has 20 heavy (non-hydrogen) atoms. The summed E-state index contributed by atoms with van der Waals surface area (Å²) in [5.74, 6) is -0.229. The second kappa shape index (κ2) is 6.69. The monoisotopic (exact) mass is 289 g/mol. The van der Waals surface area contributed by atoms with E-state index < -0.39 is 0 Å². The van der Waals surface area contributed by atoms with Gasteiger partial charge >= 0.3 is 0 Å². The summed E-state index contributed by atoms with van der Waals surface area (Å²) in [6.45, 7) is 0.786. The summed E-state index contributed by atoms with van der Waals surface area (Å²) < 4.78 is 13.4. The molecule has 0 N–H and O–H groups in total. The van der Waals surface area contributed by atoms with Gasteiger partial charge in [0.25, 0.3) is 0 Å². The summed E-state index contributed by atoms with van der Waals surface area (Å²) in [4.78, 5) is 2.06. The second-order valence-corrected chi connectivity index (χ2v) is 5.33. The van der Waals surface area contributed by atoms with Crippen molar-refractivity contribution in [2.24, 2.45) is 0 Å². The van der Waals surface area contributed by atoms with Crippen LogP contribution in [0.4, 0.5) is 4.39 Å². The van der Waals surface area contributed by atoms with Crippen molar-refractivity contribution in [3.05, 3.63) is 76.6 Å². The first kappa shape index (κ1) is 14.8. The Hall–Kier alpha value is -1.64. The van der Waals surface area contributed by atoms with Gasteiger partial charge in [0.2, 0.25) is 0 Å². The van der Waals surface area contributed by atoms with Crippen molar-refractivity contribution >= 4 is 17.2 Å². The van der Waals surface area contributed by atoms with Gasteiger partial charge in [0.1, 0.15) is 5.82 Å². The molecule has 0 saturated carbocycles. The standard InChI is InChI=1S/C17H17ClFN/c1-20(2)11-10-17(13-6-8-15(18)9-7-13)14-4-3-5-16(19)12-14/h3-10,12H,11H2,1-2H3/b17-10+. The lowest BCUT2D eigenvalue weighted by Gasteiger charge is -2.12. The minimum atomic E-state index is -0.229. The average molecular weight is 290 g/mol. The molecule has 0 bridgehead atoms. The van der Waals surface area contributed by atoms with E-state index in [-0.39, 0.29) is 5.82 Å². The number of halogens is 2. The molecule has 2 aromatic carbocycles. The fraction of sp³-hybridized carbons (Fsp3) is 0.176. The van der Waals surface area contributed by atoms with E-state index in [4.69, 9.17) is 11.6 Å². The van der Waals surface area contributed by atoms with Gasteiger partial charge in [-0.25, -0.2) is 4.39 Å². The smallest absolute Gasteiger partial charge is 0.123 e. The van der Waals surface area contributed by atoms with E-state index in [9.17, 15) is 4.39 Å². The number of hydrogen-bond acceptors (Lipinski definition) is 1. The van der Waals surface area contributed by atoms with Crippen molar-refractivity contribution in [3.8, 4) is 0 Å². The summed E-state index contributed by atoms with van der Waals surface area (Å²) >= 11 is 5.93. The maximum atomic E-state index is 13.4. The van der Waals surface area contributed by atoms with Crippen LogP contribution < -0.4 is 0 Å². The molecule has 0 fully saturated rings. The third-order valence-electron chi connectivity index (χ3n) is 2.95. The number of hydrogen-bond donors (Lipinski definition) is 0. The lowest BCUT2D eigenvalue weighted by atomic mass is 9.97. The van der Waals surface area contributed by atoms with Crippen LogP contribution in [-0.2, 0) is 0 Å². The molecule has 0 aromatic heterocycles. The van der Waals surface area contributed by atoms with Crippen molar-refractivity contribution in [2.75, 3.05) is 20.6 Å². The number of rotatable bonds is 4. The topological polar surface area (TPSA) is 3.24 Å². The Morgan fingerprint density at radius 3 is 2.40 bits per heavy atom.